The lowest BCUT2D eigenvalue weighted by Crippen LogP contribution is -2.70. The molecule has 0 saturated carbocycles. The highest BCUT2D eigenvalue weighted by Gasteiger charge is 2.54. The molecule has 2 heterocycles. The molecule has 0 spiro atoms. The van der Waals surface area contributed by atoms with E-state index in [9.17, 15) is 19.5 Å². The van der Waals surface area contributed by atoms with Gasteiger partial charge in [0, 0.05) is 17.9 Å². The topological polar surface area (TPSA) is 86.7 Å². The summed E-state index contributed by atoms with van der Waals surface area (Å²) in [5, 5.41) is 12.6. The second-order valence-electron chi connectivity index (χ2n) is 5.98. The summed E-state index contributed by atoms with van der Waals surface area (Å²) in [5.41, 5.74) is 0.721. The highest BCUT2D eigenvalue weighted by Crippen LogP contribution is 2.44. The highest BCUT2D eigenvalue weighted by atomic mass is 32.2. The van der Waals surface area contributed by atoms with E-state index in [0.29, 0.717) is 11.3 Å². The number of nitrogens with one attached hydrogen (secondary N) is 1. The predicted octanol–water partition coefficient (Wildman–Crippen LogP) is 2.06. The monoisotopic (exact) mass is 372 g/mol. The molecule has 1 unspecified atom stereocenters. The summed E-state index contributed by atoms with van der Waals surface area (Å²) in [5.74, 6) is -0.960. The van der Waals surface area contributed by atoms with Gasteiger partial charge in [0.25, 0.3) is 0 Å². The fraction of sp³-hybridized carbons (Fsp3) is 0.688. The van der Waals surface area contributed by atoms with Gasteiger partial charge in [0.15, 0.2) is 5.12 Å². The zero-order valence-corrected chi connectivity index (χ0v) is 15.8. The van der Waals surface area contributed by atoms with Crippen LogP contribution >= 0.6 is 23.5 Å². The number of aliphatic carboxylic acids is 1. The molecule has 2 rings (SSSR count). The number of hydrogen-bond donors (Lipinski definition) is 2. The minimum absolute atomic E-state index is 0.0303. The fourth-order valence-corrected chi connectivity index (χ4v) is 5.23. The maximum absolute atomic E-state index is 12.4. The number of hydrogen-bond acceptors (Lipinski definition) is 6. The molecular weight excluding hydrogens is 348 g/mol. The van der Waals surface area contributed by atoms with Gasteiger partial charge in [0.2, 0.25) is 5.91 Å². The molecule has 1 fully saturated rings. The average molecular weight is 373 g/mol. The number of carbonyl (C=O) groups excluding carboxylic acids is 2. The number of fused-ring (bicyclic) bond motifs is 1. The molecule has 3 atom stereocenters. The molecule has 2 N–H and O–H groups in total. The Morgan fingerprint density at radius 2 is 2.08 bits per heavy atom. The Kier molecular flexibility index (Phi) is 6.77. The first-order valence-corrected chi connectivity index (χ1v) is 10.1. The summed E-state index contributed by atoms with van der Waals surface area (Å²) in [4.78, 5) is 36.8. The lowest BCUT2D eigenvalue weighted by atomic mass is 10.0. The number of amides is 1. The first kappa shape index (κ1) is 19.3. The number of nitrogens with zero attached hydrogens (tertiary/aromatic N) is 1. The lowest BCUT2D eigenvalue weighted by Gasteiger charge is -2.51. The van der Waals surface area contributed by atoms with Gasteiger partial charge in [-0.25, -0.2) is 4.79 Å². The van der Waals surface area contributed by atoms with Gasteiger partial charge < -0.3 is 10.4 Å². The van der Waals surface area contributed by atoms with Crippen molar-refractivity contribution < 1.29 is 19.5 Å². The zero-order valence-electron chi connectivity index (χ0n) is 14.2. The second-order valence-corrected chi connectivity index (χ2v) is 8.59. The fourth-order valence-electron chi connectivity index (χ4n) is 2.91. The number of carboxylic acid groups (broad SMARTS) is 1. The summed E-state index contributed by atoms with van der Waals surface area (Å²) in [6.45, 7) is 6.29. The number of unbranched alkanes of at least 4 members (excludes halogenated alkanes) is 2. The Morgan fingerprint density at radius 1 is 1.38 bits per heavy atom. The van der Waals surface area contributed by atoms with Crippen LogP contribution in [0.1, 0.15) is 40.0 Å². The second kappa shape index (κ2) is 8.40. The summed E-state index contributed by atoms with van der Waals surface area (Å²) in [6, 6.07) is -0.314. The number of rotatable bonds is 8. The van der Waals surface area contributed by atoms with Crippen molar-refractivity contribution in [3.63, 3.8) is 0 Å². The van der Waals surface area contributed by atoms with Crippen LogP contribution in [0.15, 0.2) is 11.3 Å². The molecule has 2 aliphatic rings. The van der Waals surface area contributed by atoms with Gasteiger partial charge in [0.05, 0.1) is 0 Å². The molecule has 0 aromatic carbocycles. The molecule has 0 radical (unpaired) electrons. The number of carboxylic acids is 1. The van der Waals surface area contributed by atoms with E-state index in [1.807, 2.05) is 6.92 Å². The molecule has 2 aliphatic heterocycles. The molecular formula is C16H24N2O4S2. The van der Waals surface area contributed by atoms with Crippen molar-refractivity contribution >= 4 is 40.5 Å². The molecule has 0 aliphatic carbocycles. The number of thioether (sulfide) groups is 2. The van der Waals surface area contributed by atoms with E-state index in [-0.39, 0.29) is 33.4 Å². The largest absolute Gasteiger partial charge is 0.477 e. The molecule has 134 valence electrons. The van der Waals surface area contributed by atoms with Crippen molar-refractivity contribution in [2.45, 2.75) is 56.7 Å². The number of carbonyl (C=O) groups is 3. The molecule has 24 heavy (non-hydrogen) atoms. The summed E-state index contributed by atoms with van der Waals surface area (Å²) < 4.78 is 0. The van der Waals surface area contributed by atoms with Gasteiger partial charge in [-0.1, -0.05) is 31.5 Å². The van der Waals surface area contributed by atoms with Crippen molar-refractivity contribution in [1.82, 2.24) is 10.2 Å². The normalized spacial score (nSPS) is 26.2. The molecule has 6 nitrogen and oxygen atoms in total. The first-order valence-electron chi connectivity index (χ1n) is 8.20. The average Bonchev–Trinajstić information content (AvgIpc) is 2.52. The van der Waals surface area contributed by atoms with E-state index in [2.05, 4.69) is 12.2 Å². The van der Waals surface area contributed by atoms with E-state index in [1.54, 1.807) is 11.8 Å². The highest BCUT2D eigenvalue weighted by molar-refractivity contribution is 8.13. The summed E-state index contributed by atoms with van der Waals surface area (Å²) >= 11 is 2.67. The Morgan fingerprint density at radius 3 is 2.67 bits per heavy atom. The van der Waals surface area contributed by atoms with Crippen LogP contribution in [0, 0.1) is 0 Å². The zero-order chi connectivity index (χ0) is 17.9. The van der Waals surface area contributed by atoms with Crippen LogP contribution in [0.3, 0.4) is 0 Å². The quantitative estimate of drug-likeness (QED) is 0.498. The first-order chi connectivity index (χ1) is 11.4. The van der Waals surface area contributed by atoms with Crippen molar-refractivity contribution in [1.29, 1.82) is 0 Å². The minimum Gasteiger partial charge on any atom is -0.477 e. The molecule has 1 amide bonds. The molecule has 0 aromatic rings. The Labute approximate surface area is 150 Å². The minimum atomic E-state index is -1.09. The van der Waals surface area contributed by atoms with Gasteiger partial charge in [-0.15, -0.1) is 11.8 Å². The predicted molar refractivity (Wildman–Crippen MR) is 96.8 cm³/mol. The Bertz CT molecular complexity index is 564. The van der Waals surface area contributed by atoms with Gasteiger partial charge in [-0.3, -0.25) is 14.5 Å². The van der Waals surface area contributed by atoms with Crippen LogP contribution in [-0.2, 0) is 14.4 Å². The van der Waals surface area contributed by atoms with Crippen LogP contribution < -0.4 is 5.32 Å². The maximum Gasteiger partial charge on any atom is 0.352 e. The number of β-lactam (4-membered cyclic amide) rings is 1. The van der Waals surface area contributed by atoms with E-state index in [0.717, 1.165) is 37.6 Å². The Balaban J connectivity index is 2.13. The van der Waals surface area contributed by atoms with Crippen LogP contribution in [-0.4, -0.2) is 56.0 Å². The maximum atomic E-state index is 12.4. The molecule has 0 aromatic heterocycles. The van der Waals surface area contributed by atoms with Crippen LogP contribution in [0.2, 0.25) is 0 Å². The van der Waals surface area contributed by atoms with Crippen molar-refractivity contribution in [2.75, 3.05) is 12.3 Å². The van der Waals surface area contributed by atoms with Crippen molar-refractivity contribution in [3.8, 4) is 0 Å². The summed E-state index contributed by atoms with van der Waals surface area (Å²) in [6.07, 6.45) is 3.23. The van der Waals surface area contributed by atoms with Crippen LogP contribution in [0.4, 0.5) is 0 Å². The van der Waals surface area contributed by atoms with E-state index < -0.39 is 5.97 Å². The van der Waals surface area contributed by atoms with Crippen LogP contribution in [0.25, 0.3) is 0 Å². The van der Waals surface area contributed by atoms with Crippen LogP contribution in [0.5, 0.6) is 0 Å². The van der Waals surface area contributed by atoms with Crippen molar-refractivity contribution in [3.05, 3.63) is 11.3 Å². The smallest absolute Gasteiger partial charge is 0.352 e. The van der Waals surface area contributed by atoms with E-state index in [1.165, 1.54) is 11.8 Å². The van der Waals surface area contributed by atoms with Crippen molar-refractivity contribution in [2.24, 2.45) is 0 Å². The third kappa shape index (κ3) is 3.97. The van der Waals surface area contributed by atoms with E-state index >= 15 is 0 Å². The van der Waals surface area contributed by atoms with Gasteiger partial charge in [-0.2, -0.15) is 0 Å². The third-order valence-electron chi connectivity index (χ3n) is 4.20. The van der Waals surface area contributed by atoms with E-state index in [4.69, 9.17) is 0 Å². The molecule has 1 saturated heterocycles. The molecule has 8 heteroatoms. The van der Waals surface area contributed by atoms with Gasteiger partial charge in [0.1, 0.15) is 17.1 Å². The SMILES string of the molecule is CCCCCN[C@@H]1C(=O)N2C(C(=O)O)=C(CSC(C)=O)C(C)S[C@H]12. The third-order valence-corrected chi connectivity index (χ3v) is 6.52. The Hall–Kier alpha value is -0.990. The standard InChI is InChI=1S/C16H24N2O4S2/c1-4-5-6-7-17-12-14(20)18-13(16(21)22)11(8-23-10(3)19)9(2)24-15(12)18/h9,12,15,17H,4-8H2,1-3H3,(H,21,22)/t9?,12-,15-/m1/s1. The lowest BCUT2D eigenvalue weighted by molar-refractivity contribution is -0.149. The molecule has 0 bridgehead atoms. The van der Waals surface area contributed by atoms with Gasteiger partial charge >= 0.3 is 5.97 Å². The summed E-state index contributed by atoms with van der Waals surface area (Å²) in [7, 11) is 0. The van der Waals surface area contributed by atoms with Gasteiger partial charge in [-0.05, 0) is 25.5 Å².